The number of halogens is 2. The lowest BCUT2D eigenvalue weighted by molar-refractivity contribution is 0.0930. The van der Waals surface area contributed by atoms with Crippen LogP contribution in [0.25, 0.3) is 16.0 Å². The molecule has 0 atom stereocenters. The van der Waals surface area contributed by atoms with Gasteiger partial charge in [-0.25, -0.2) is 13.5 Å². The fourth-order valence-electron chi connectivity index (χ4n) is 4.04. The smallest absolute Gasteiger partial charge is 0.251 e. The zero-order valence-corrected chi connectivity index (χ0v) is 19.1. The molecule has 2 aromatic heterocycles. The first-order valence-electron chi connectivity index (χ1n) is 10.8. The third kappa shape index (κ3) is 4.20. The zero-order chi connectivity index (χ0) is 23.1. The lowest BCUT2D eigenvalue weighted by Gasteiger charge is -2.32. The van der Waals surface area contributed by atoms with E-state index in [-0.39, 0.29) is 23.6 Å². The fourth-order valence-corrected chi connectivity index (χ4v) is 5.08. The molecule has 1 saturated heterocycles. The predicted octanol–water partition coefficient (Wildman–Crippen LogP) is 4.78. The molecule has 1 aliphatic heterocycles. The van der Waals surface area contributed by atoms with Gasteiger partial charge in [0, 0.05) is 24.7 Å². The Morgan fingerprint density at radius 2 is 1.82 bits per heavy atom. The van der Waals surface area contributed by atoms with Gasteiger partial charge in [0.1, 0.15) is 11.6 Å². The number of nitrogens with one attached hydrogen (secondary N) is 1. The van der Waals surface area contributed by atoms with E-state index in [0.717, 1.165) is 52.8 Å². The molecule has 33 heavy (non-hydrogen) atoms. The Morgan fingerprint density at radius 3 is 2.52 bits per heavy atom. The molecule has 1 amide bonds. The number of benzene rings is 2. The van der Waals surface area contributed by atoms with Crippen molar-refractivity contribution >= 4 is 32.7 Å². The molecule has 6 nitrogen and oxygen atoms in total. The molecular formula is C24H23F2N5OS. The second-order valence-electron chi connectivity index (χ2n) is 8.32. The Labute approximate surface area is 193 Å². The number of piperidine rings is 1. The number of carbonyl (C=O) groups excluding carboxylic acids is 1. The van der Waals surface area contributed by atoms with Crippen LogP contribution in [0, 0.1) is 25.5 Å². The Hall–Kier alpha value is -3.33. The number of rotatable bonds is 4. The van der Waals surface area contributed by atoms with Crippen LogP contribution in [0.4, 0.5) is 13.9 Å². The Balaban J connectivity index is 1.27. The molecule has 0 unspecified atom stereocenters. The fraction of sp³-hybridized carbons (Fsp3) is 0.292. The lowest BCUT2D eigenvalue weighted by atomic mass is 10.0. The summed E-state index contributed by atoms with van der Waals surface area (Å²) in [4.78, 5) is 19.6. The molecule has 1 N–H and O–H groups in total. The SMILES string of the molecule is Cc1ccc(C(=O)NC2CCN(c3nc4c(s3)c(C)nn4-c3ccc(F)cc3)CC2)cc1F. The van der Waals surface area contributed by atoms with Gasteiger partial charge in [0.25, 0.3) is 5.91 Å². The van der Waals surface area contributed by atoms with Gasteiger partial charge in [0.2, 0.25) is 0 Å². The molecule has 0 radical (unpaired) electrons. The van der Waals surface area contributed by atoms with E-state index < -0.39 is 0 Å². The van der Waals surface area contributed by atoms with Gasteiger partial charge in [-0.1, -0.05) is 17.4 Å². The third-order valence-corrected chi connectivity index (χ3v) is 7.20. The van der Waals surface area contributed by atoms with Crippen LogP contribution < -0.4 is 10.2 Å². The van der Waals surface area contributed by atoms with Crippen molar-refractivity contribution in [1.29, 1.82) is 0 Å². The van der Waals surface area contributed by atoms with Crippen molar-refractivity contribution in [3.63, 3.8) is 0 Å². The maximum absolute atomic E-state index is 13.8. The first kappa shape index (κ1) is 21.5. The summed E-state index contributed by atoms with van der Waals surface area (Å²) >= 11 is 1.59. The van der Waals surface area contributed by atoms with E-state index in [1.165, 1.54) is 18.2 Å². The van der Waals surface area contributed by atoms with Crippen molar-refractivity contribution in [3.05, 3.63) is 70.9 Å². The summed E-state index contributed by atoms with van der Waals surface area (Å²) in [6, 6.07) is 10.8. The van der Waals surface area contributed by atoms with E-state index in [0.29, 0.717) is 11.1 Å². The number of nitrogens with zero attached hydrogens (tertiary/aromatic N) is 4. The number of thiazole rings is 1. The second-order valence-corrected chi connectivity index (χ2v) is 9.30. The zero-order valence-electron chi connectivity index (χ0n) is 18.3. The summed E-state index contributed by atoms with van der Waals surface area (Å²) in [5, 5.41) is 8.51. The summed E-state index contributed by atoms with van der Waals surface area (Å²) in [5.74, 6) is -0.912. The molecule has 2 aromatic carbocycles. The largest absolute Gasteiger partial charge is 0.349 e. The van der Waals surface area contributed by atoms with Gasteiger partial charge in [-0.05, 0) is 68.7 Å². The van der Waals surface area contributed by atoms with Crippen LogP contribution in [-0.2, 0) is 0 Å². The summed E-state index contributed by atoms with van der Waals surface area (Å²) < 4.78 is 29.9. The minimum atomic E-state index is -0.372. The third-order valence-electron chi connectivity index (χ3n) is 5.98. The van der Waals surface area contributed by atoms with Gasteiger partial charge in [-0.15, -0.1) is 0 Å². The van der Waals surface area contributed by atoms with Crippen LogP contribution in [0.5, 0.6) is 0 Å². The van der Waals surface area contributed by atoms with E-state index in [9.17, 15) is 13.6 Å². The molecule has 0 bridgehead atoms. The van der Waals surface area contributed by atoms with Crippen molar-refractivity contribution in [3.8, 4) is 5.69 Å². The van der Waals surface area contributed by atoms with E-state index in [1.807, 2.05) is 6.92 Å². The molecule has 1 fully saturated rings. The van der Waals surface area contributed by atoms with Gasteiger partial charge < -0.3 is 10.2 Å². The first-order chi connectivity index (χ1) is 15.9. The average molecular weight is 468 g/mol. The molecule has 0 saturated carbocycles. The molecule has 0 spiro atoms. The van der Waals surface area contributed by atoms with Gasteiger partial charge in [0.15, 0.2) is 10.8 Å². The van der Waals surface area contributed by atoms with Crippen LogP contribution in [0.15, 0.2) is 42.5 Å². The number of amides is 1. The van der Waals surface area contributed by atoms with Crippen molar-refractivity contribution in [2.75, 3.05) is 18.0 Å². The monoisotopic (exact) mass is 467 g/mol. The van der Waals surface area contributed by atoms with E-state index in [1.54, 1.807) is 47.2 Å². The highest BCUT2D eigenvalue weighted by molar-refractivity contribution is 7.22. The molecule has 5 rings (SSSR count). The van der Waals surface area contributed by atoms with Gasteiger partial charge in [0.05, 0.1) is 16.1 Å². The highest BCUT2D eigenvalue weighted by Gasteiger charge is 2.25. The van der Waals surface area contributed by atoms with Gasteiger partial charge in [-0.3, -0.25) is 4.79 Å². The normalized spacial score (nSPS) is 14.7. The summed E-state index contributed by atoms with van der Waals surface area (Å²) in [7, 11) is 0. The predicted molar refractivity (Wildman–Crippen MR) is 125 cm³/mol. The van der Waals surface area contributed by atoms with E-state index in [4.69, 9.17) is 4.98 Å². The number of aryl methyl sites for hydroxylation is 2. The van der Waals surface area contributed by atoms with Crippen LogP contribution >= 0.6 is 11.3 Å². The molecule has 0 aliphatic carbocycles. The Kier molecular flexibility index (Phi) is 5.57. The number of carbonyl (C=O) groups is 1. The topological polar surface area (TPSA) is 63.1 Å². The number of fused-ring (bicyclic) bond motifs is 1. The summed E-state index contributed by atoms with van der Waals surface area (Å²) in [6.45, 7) is 5.13. The Morgan fingerprint density at radius 1 is 1.09 bits per heavy atom. The highest BCUT2D eigenvalue weighted by atomic mass is 32.1. The standard InChI is InChI=1S/C24H23F2N5OS/c1-14-3-4-16(13-20(14)26)23(32)27-18-9-11-30(12-10-18)24-28-22-21(33-24)15(2)29-31(22)19-7-5-17(25)6-8-19/h3-8,13,18H,9-12H2,1-2H3,(H,27,32). The van der Waals surface area contributed by atoms with E-state index in [2.05, 4.69) is 15.3 Å². The quantitative estimate of drug-likeness (QED) is 0.469. The maximum atomic E-state index is 13.8. The molecule has 4 aromatic rings. The van der Waals surface area contributed by atoms with Crippen LogP contribution in [-0.4, -0.2) is 39.8 Å². The molecule has 170 valence electrons. The van der Waals surface area contributed by atoms with Crippen LogP contribution in [0.3, 0.4) is 0 Å². The number of anilines is 1. The minimum Gasteiger partial charge on any atom is -0.349 e. The lowest BCUT2D eigenvalue weighted by Crippen LogP contribution is -2.44. The summed E-state index contributed by atoms with van der Waals surface area (Å²) in [6.07, 6.45) is 1.55. The van der Waals surface area contributed by atoms with Crippen molar-refractivity contribution in [1.82, 2.24) is 20.1 Å². The second kappa shape index (κ2) is 8.55. The minimum absolute atomic E-state index is 0.0314. The van der Waals surface area contributed by atoms with Crippen molar-refractivity contribution < 1.29 is 13.6 Å². The van der Waals surface area contributed by atoms with E-state index >= 15 is 0 Å². The Bertz CT molecular complexity index is 1320. The number of aromatic nitrogens is 3. The average Bonchev–Trinajstić information content (AvgIpc) is 3.37. The van der Waals surface area contributed by atoms with Gasteiger partial charge in [-0.2, -0.15) is 10.1 Å². The van der Waals surface area contributed by atoms with Crippen molar-refractivity contribution in [2.45, 2.75) is 32.7 Å². The van der Waals surface area contributed by atoms with Crippen molar-refractivity contribution in [2.24, 2.45) is 0 Å². The molecular weight excluding hydrogens is 444 g/mol. The molecule has 9 heteroatoms. The molecule has 1 aliphatic rings. The summed E-state index contributed by atoms with van der Waals surface area (Å²) in [5.41, 5.74) is 3.27. The number of hydrogen-bond donors (Lipinski definition) is 1. The maximum Gasteiger partial charge on any atom is 0.251 e. The highest BCUT2D eigenvalue weighted by Crippen LogP contribution is 2.33. The van der Waals surface area contributed by atoms with Crippen LogP contribution in [0.2, 0.25) is 0 Å². The van der Waals surface area contributed by atoms with Crippen LogP contribution in [0.1, 0.15) is 34.5 Å². The number of hydrogen-bond acceptors (Lipinski definition) is 5. The first-order valence-corrected chi connectivity index (χ1v) is 11.6. The van der Waals surface area contributed by atoms with Gasteiger partial charge >= 0.3 is 0 Å². The molecule has 3 heterocycles.